The Morgan fingerprint density at radius 2 is 1.42 bits per heavy atom. The minimum Gasteiger partial charge on any atom is -0.273 e. The number of carbonyl (C=O) groups is 2. The highest BCUT2D eigenvalue weighted by atomic mass is 19.1. The van der Waals surface area contributed by atoms with Crippen LogP contribution in [-0.2, 0) is 14.4 Å². The summed E-state index contributed by atoms with van der Waals surface area (Å²) < 4.78 is 13.7. The van der Waals surface area contributed by atoms with E-state index < -0.39 is 24.0 Å². The van der Waals surface area contributed by atoms with Crippen molar-refractivity contribution < 1.29 is 18.8 Å². The van der Waals surface area contributed by atoms with Gasteiger partial charge >= 0.3 is 0 Å². The molecular weight excluding hydrogens is 419 g/mol. The number of anilines is 2. The van der Waals surface area contributed by atoms with Crippen molar-refractivity contribution in [2.75, 3.05) is 9.96 Å². The average Bonchev–Trinajstić information content (AvgIpc) is 3.36. The topological polar surface area (TPSA) is 49.9 Å². The molecule has 33 heavy (non-hydrogen) atoms. The summed E-state index contributed by atoms with van der Waals surface area (Å²) in [5.41, 5.74) is 1.97. The molecule has 0 unspecified atom stereocenters. The molecule has 2 saturated heterocycles. The number of carbonyl (C=O) groups excluding carboxylic acids is 2. The van der Waals surface area contributed by atoms with E-state index in [1.807, 2.05) is 66.7 Å². The number of imide groups is 1. The Morgan fingerprint density at radius 1 is 0.727 bits per heavy atom. The Hall–Kier alpha value is -4.03. The van der Waals surface area contributed by atoms with Gasteiger partial charge in [-0.1, -0.05) is 66.7 Å². The summed E-state index contributed by atoms with van der Waals surface area (Å²) >= 11 is 0. The third-order valence-electron chi connectivity index (χ3n) is 6.35. The van der Waals surface area contributed by atoms with Crippen molar-refractivity contribution in [1.29, 1.82) is 0 Å². The van der Waals surface area contributed by atoms with Gasteiger partial charge in [-0.15, -0.1) is 0 Å². The lowest BCUT2D eigenvalue weighted by Crippen LogP contribution is -2.37. The average molecular weight is 438 g/mol. The van der Waals surface area contributed by atoms with Crippen LogP contribution in [0.4, 0.5) is 15.8 Å². The molecule has 2 heterocycles. The molecule has 4 aromatic rings. The molecule has 0 radical (unpaired) electrons. The summed E-state index contributed by atoms with van der Waals surface area (Å²) in [5.74, 6) is -1.85. The van der Waals surface area contributed by atoms with Gasteiger partial charge in [-0.2, -0.15) is 0 Å². The quantitative estimate of drug-likeness (QED) is 0.421. The third kappa shape index (κ3) is 3.02. The zero-order valence-corrected chi connectivity index (χ0v) is 17.5. The first-order valence-electron chi connectivity index (χ1n) is 10.8. The molecule has 6 heteroatoms. The van der Waals surface area contributed by atoms with E-state index in [-0.39, 0.29) is 11.7 Å². The van der Waals surface area contributed by atoms with Crippen molar-refractivity contribution in [3.8, 4) is 0 Å². The van der Waals surface area contributed by atoms with E-state index in [1.54, 1.807) is 23.3 Å². The molecular formula is C27H19FN2O3. The smallest absolute Gasteiger partial charge is 0.266 e. The lowest BCUT2D eigenvalue weighted by molar-refractivity contribution is -0.126. The van der Waals surface area contributed by atoms with E-state index in [0.29, 0.717) is 11.3 Å². The fourth-order valence-corrected chi connectivity index (χ4v) is 4.85. The molecule has 4 aromatic carbocycles. The highest BCUT2D eigenvalue weighted by Gasteiger charge is 2.60. The lowest BCUT2D eigenvalue weighted by atomic mass is 9.90. The van der Waals surface area contributed by atoms with E-state index in [4.69, 9.17) is 4.84 Å². The molecule has 2 aliphatic rings. The number of hydroxylamine groups is 1. The summed E-state index contributed by atoms with van der Waals surface area (Å²) in [6, 6.07) is 27.9. The molecule has 0 spiro atoms. The second-order valence-electron chi connectivity index (χ2n) is 8.22. The second kappa shape index (κ2) is 7.53. The molecule has 2 amide bonds. The Balaban J connectivity index is 1.46. The van der Waals surface area contributed by atoms with Crippen molar-refractivity contribution >= 4 is 34.0 Å². The number of halogens is 1. The summed E-state index contributed by atoms with van der Waals surface area (Å²) in [6.07, 6.45) is -0.966. The van der Waals surface area contributed by atoms with Crippen LogP contribution < -0.4 is 9.96 Å². The first-order chi connectivity index (χ1) is 16.1. The lowest BCUT2D eigenvalue weighted by Gasteiger charge is -2.29. The van der Waals surface area contributed by atoms with E-state index in [2.05, 4.69) is 0 Å². The number of amides is 2. The molecule has 3 atom stereocenters. The Labute approximate surface area is 189 Å². The minimum atomic E-state index is -0.966. The number of fused-ring (bicyclic) bond motifs is 2. The van der Waals surface area contributed by atoms with Gasteiger partial charge in [0, 0.05) is 5.39 Å². The van der Waals surface area contributed by atoms with Gasteiger partial charge in [-0.05, 0) is 41.3 Å². The van der Waals surface area contributed by atoms with Crippen molar-refractivity contribution in [2.24, 2.45) is 5.92 Å². The molecule has 2 fully saturated rings. The maximum atomic E-state index is 13.8. The van der Waals surface area contributed by atoms with Crippen LogP contribution >= 0.6 is 0 Å². The van der Waals surface area contributed by atoms with Crippen molar-refractivity contribution in [1.82, 2.24) is 0 Å². The van der Waals surface area contributed by atoms with Crippen molar-refractivity contribution in [3.63, 3.8) is 0 Å². The van der Waals surface area contributed by atoms with Gasteiger partial charge in [0.25, 0.3) is 5.91 Å². The van der Waals surface area contributed by atoms with Crippen LogP contribution in [0.3, 0.4) is 0 Å². The maximum Gasteiger partial charge on any atom is 0.266 e. The van der Waals surface area contributed by atoms with Crippen LogP contribution in [0.2, 0.25) is 0 Å². The number of nitrogens with zero attached hydrogens (tertiary/aromatic N) is 2. The minimum absolute atomic E-state index is 0.325. The van der Waals surface area contributed by atoms with Crippen LogP contribution in [0.15, 0.2) is 97.1 Å². The Morgan fingerprint density at radius 3 is 2.21 bits per heavy atom. The molecule has 0 aliphatic carbocycles. The molecule has 162 valence electrons. The number of hydrogen-bond acceptors (Lipinski definition) is 4. The van der Waals surface area contributed by atoms with E-state index >= 15 is 0 Å². The zero-order chi connectivity index (χ0) is 22.5. The first-order valence-corrected chi connectivity index (χ1v) is 10.8. The van der Waals surface area contributed by atoms with E-state index in [9.17, 15) is 14.0 Å². The SMILES string of the molecule is O=C1[C@H]2[C@@H](c3ccc(F)cc3)N(c3ccccc3)O[C@H]2C(=O)N1c1cccc2ccccc12. The van der Waals surface area contributed by atoms with Gasteiger partial charge in [0.05, 0.1) is 17.4 Å². The maximum absolute atomic E-state index is 13.8. The summed E-state index contributed by atoms with van der Waals surface area (Å²) in [4.78, 5) is 34.7. The molecule has 0 aromatic heterocycles. The predicted molar refractivity (Wildman–Crippen MR) is 123 cm³/mol. The van der Waals surface area contributed by atoms with E-state index in [1.165, 1.54) is 17.0 Å². The molecule has 2 aliphatic heterocycles. The number of benzene rings is 4. The fraction of sp³-hybridized carbons (Fsp3) is 0.111. The van der Waals surface area contributed by atoms with E-state index in [0.717, 1.165) is 16.5 Å². The number of rotatable bonds is 3. The third-order valence-corrected chi connectivity index (χ3v) is 6.35. The number of para-hydroxylation sites is 1. The molecule has 0 N–H and O–H groups in total. The van der Waals surface area contributed by atoms with Crippen LogP contribution in [0.5, 0.6) is 0 Å². The standard InChI is InChI=1S/C27H19FN2O3/c28-19-15-13-18(14-16-19)24-23-25(33-30(24)20-9-2-1-3-10-20)27(32)29(26(23)31)22-12-6-8-17-7-4-5-11-21(17)22/h1-16,23-25H/t23-,24+,25+/m0/s1. The number of hydrogen-bond donors (Lipinski definition) is 0. The molecule has 5 nitrogen and oxygen atoms in total. The molecule has 0 bridgehead atoms. The highest BCUT2D eigenvalue weighted by Crippen LogP contribution is 2.48. The van der Waals surface area contributed by atoms with Gasteiger partial charge in [-0.25, -0.2) is 14.4 Å². The van der Waals surface area contributed by atoms with Crippen LogP contribution in [-0.4, -0.2) is 17.9 Å². The first kappa shape index (κ1) is 19.6. The predicted octanol–water partition coefficient (Wildman–Crippen LogP) is 5.03. The van der Waals surface area contributed by atoms with Crippen molar-refractivity contribution in [3.05, 3.63) is 108 Å². The largest absolute Gasteiger partial charge is 0.273 e. The summed E-state index contributed by atoms with van der Waals surface area (Å²) in [6.45, 7) is 0. The molecule has 0 saturated carbocycles. The van der Waals surface area contributed by atoms with Gasteiger partial charge in [-0.3, -0.25) is 14.4 Å². The van der Waals surface area contributed by atoms with Crippen molar-refractivity contribution in [2.45, 2.75) is 12.1 Å². The van der Waals surface area contributed by atoms with Gasteiger partial charge in [0.1, 0.15) is 11.7 Å². The van der Waals surface area contributed by atoms with Crippen LogP contribution in [0.1, 0.15) is 11.6 Å². The normalized spacial score (nSPS) is 22.3. The second-order valence-corrected chi connectivity index (χ2v) is 8.22. The Kier molecular flexibility index (Phi) is 4.48. The fourth-order valence-electron chi connectivity index (χ4n) is 4.85. The van der Waals surface area contributed by atoms with Gasteiger partial charge in [0.15, 0.2) is 6.10 Å². The Bertz CT molecular complexity index is 1370. The van der Waals surface area contributed by atoms with Gasteiger partial charge in [0.2, 0.25) is 5.91 Å². The zero-order valence-electron chi connectivity index (χ0n) is 17.5. The van der Waals surface area contributed by atoms with Gasteiger partial charge < -0.3 is 0 Å². The highest BCUT2D eigenvalue weighted by molar-refractivity contribution is 6.26. The van der Waals surface area contributed by atoms with Crippen LogP contribution in [0, 0.1) is 11.7 Å². The van der Waals surface area contributed by atoms with Crippen LogP contribution in [0.25, 0.3) is 10.8 Å². The summed E-state index contributed by atoms with van der Waals surface area (Å²) in [5, 5.41) is 3.37. The monoisotopic (exact) mass is 438 g/mol. The molecule has 6 rings (SSSR count). The summed E-state index contributed by atoms with van der Waals surface area (Å²) in [7, 11) is 0.